The summed E-state index contributed by atoms with van der Waals surface area (Å²) in [4.78, 5) is 11.5. The van der Waals surface area contributed by atoms with Crippen molar-refractivity contribution in [1.82, 2.24) is 5.32 Å². The molecule has 2 atom stereocenters. The van der Waals surface area contributed by atoms with Gasteiger partial charge in [-0.05, 0) is 45.1 Å². The lowest BCUT2D eigenvalue weighted by atomic mass is 9.85. The van der Waals surface area contributed by atoms with Crippen LogP contribution in [0, 0.1) is 5.92 Å². The summed E-state index contributed by atoms with van der Waals surface area (Å²) < 4.78 is 5.94. The highest BCUT2D eigenvalue weighted by atomic mass is 16.5. The summed E-state index contributed by atoms with van der Waals surface area (Å²) >= 11 is 0. The van der Waals surface area contributed by atoms with Crippen molar-refractivity contribution in [3.8, 4) is 0 Å². The Morgan fingerprint density at radius 3 is 2.63 bits per heavy atom. The van der Waals surface area contributed by atoms with Crippen molar-refractivity contribution in [3.05, 3.63) is 0 Å². The van der Waals surface area contributed by atoms with E-state index in [1.807, 2.05) is 0 Å². The minimum atomic E-state index is -0.712. The van der Waals surface area contributed by atoms with Crippen LogP contribution < -0.4 is 5.32 Å². The monoisotopic (exact) mass is 269 g/mol. The van der Waals surface area contributed by atoms with Crippen molar-refractivity contribution >= 4 is 5.97 Å². The van der Waals surface area contributed by atoms with Gasteiger partial charge < -0.3 is 15.2 Å². The first-order chi connectivity index (χ1) is 9.19. The van der Waals surface area contributed by atoms with Gasteiger partial charge in [0.15, 0.2) is 0 Å². The molecule has 2 rings (SSSR count). The number of carbonyl (C=O) groups is 1. The van der Waals surface area contributed by atoms with Crippen LogP contribution >= 0.6 is 0 Å². The van der Waals surface area contributed by atoms with E-state index in [-0.39, 0.29) is 5.92 Å². The van der Waals surface area contributed by atoms with Gasteiger partial charge in [0.1, 0.15) is 5.54 Å². The Hall–Kier alpha value is -0.610. The van der Waals surface area contributed by atoms with Crippen LogP contribution in [0.5, 0.6) is 0 Å². The number of rotatable bonds is 6. The molecule has 0 radical (unpaired) electrons. The predicted molar refractivity (Wildman–Crippen MR) is 74.2 cm³/mol. The Kier molecular flexibility index (Phi) is 5.22. The van der Waals surface area contributed by atoms with E-state index < -0.39 is 11.5 Å². The number of aliphatic carboxylic acids is 1. The Morgan fingerprint density at radius 2 is 2.00 bits per heavy atom. The van der Waals surface area contributed by atoms with Crippen molar-refractivity contribution in [2.75, 3.05) is 13.7 Å². The second-order valence-corrected chi connectivity index (χ2v) is 6.04. The number of hydrogen-bond acceptors (Lipinski definition) is 3. The van der Waals surface area contributed by atoms with Gasteiger partial charge in [-0.15, -0.1) is 0 Å². The van der Waals surface area contributed by atoms with E-state index in [0.717, 1.165) is 25.7 Å². The largest absolute Gasteiger partial charge is 0.480 e. The van der Waals surface area contributed by atoms with Gasteiger partial charge in [0, 0.05) is 6.61 Å². The zero-order valence-corrected chi connectivity index (χ0v) is 12.0. The second-order valence-electron chi connectivity index (χ2n) is 6.04. The lowest BCUT2D eigenvalue weighted by Gasteiger charge is -2.31. The molecule has 0 aromatic heterocycles. The third kappa shape index (κ3) is 3.29. The number of hydrogen-bond donors (Lipinski definition) is 2. The van der Waals surface area contributed by atoms with Gasteiger partial charge in [0.05, 0.1) is 6.10 Å². The molecule has 4 nitrogen and oxygen atoms in total. The number of ether oxygens (including phenoxy) is 1. The SMILES string of the molecule is CNC1(C(=O)O)CCCC1CCOC1CCCCC1. The standard InChI is InChI=1S/C15H27NO3/c1-16-15(14(17)18)10-5-6-12(15)9-11-19-13-7-3-2-4-8-13/h12-13,16H,2-11H2,1H3,(H,17,18). The van der Waals surface area contributed by atoms with Crippen LogP contribution in [0.2, 0.25) is 0 Å². The van der Waals surface area contributed by atoms with Gasteiger partial charge in [-0.2, -0.15) is 0 Å². The summed E-state index contributed by atoms with van der Waals surface area (Å²) in [5.74, 6) is -0.492. The molecule has 2 aliphatic rings. The molecule has 0 spiro atoms. The summed E-state index contributed by atoms with van der Waals surface area (Å²) in [5.41, 5.74) is -0.712. The summed E-state index contributed by atoms with van der Waals surface area (Å²) in [5, 5.41) is 12.5. The minimum Gasteiger partial charge on any atom is -0.480 e. The van der Waals surface area contributed by atoms with Crippen LogP contribution in [-0.2, 0) is 9.53 Å². The normalized spacial score (nSPS) is 32.6. The van der Waals surface area contributed by atoms with Crippen molar-refractivity contribution < 1.29 is 14.6 Å². The molecule has 0 amide bonds. The molecule has 0 heterocycles. The molecule has 110 valence electrons. The molecular formula is C15H27NO3. The quantitative estimate of drug-likeness (QED) is 0.778. The fourth-order valence-corrected chi connectivity index (χ4v) is 3.79. The maximum atomic E-state index is 11.5. The van der Waals surface area contributed by atoms with Gasteiger partial charge >= 0.3 is 5.97 Å². The maximum Gasteiger partial charge on any atom is 0.324 e. The van der Waals surface area contributed by atoms with Crippen LogP contribution in [-0.4, -0.2) is 36.4 Å². The average molecular weight is 269 g/mol. The van der Waals surface area contributed by atoms with Crippen molar-refractivity contribution in [3.63, 3.8) is 0 Å². The molecule has 2 unspecified atom stereocenters. The fourth-order valence-electron chi connectivity index (χ4n) is 3.79. The van der Waals surface area contributed by atoms with E-state index in [1.54, 1.807) is 7.05 Å². The number of likely N-dealkylation sites (N-methyl/N-ethyl adjacent to an activating group) is 1. The fraction of sp³-hybridized carbons (Fsp3) is 0.933. The third-order valence-electron chi connectivity index (χ3n) is 5.02. The average Bonchev–Trinajstić information content (AvgIpc) is 2.84. The van der Waals surface area contributed by atoms with E-state index in [1.165, 1.54) is 32.1 Å². The molecule has 0 aromatic carbocycles. The molecule has 19 heavy (non-hydrogen) atoms. The molecule has 0 bridgehead atoms. The zero-order valence-electron chi connectivity index (χ0n) is 12.0. The molecular weight excluding hydrogens is 242 g/mol. The van der Waals surface area contributed by atoms with Gasteiger partial charge in [-0.25, -0.2) is 0 Å². The van der Waals surface area contributed by atoms with Gasteiger partial charge in [0.25, 0.3) is 0 Å². The van der Waals surface area contributed by atoms with E-state index in [9.17, 15) is 9.90 Å². The van der Waals surface area contributed by atoms with Gasteiger partial charge in [-0.1, -0.05) is 25.7 Å². The first kappa shape index (κ1) is 14.8. The number of carboxylic acids is 1. The predicted octanol–water partition coefficient (Wildman–Crippen LogP) is 2.57. The van der Waals surface area contributed by atoms with Crippen LogP contribution in [0.3, 0.4) is 0 Å². The molecule has 2 N–H and O–H groups in total. The van der Waals surface area contributed by atoms with Crippen LogP contribution in [0.25, 0.3) is 0 Å². The minimum absolute atomic E-state index is 0.207. The summed E-state index contributed by atoms with van der Waals surface area (Å²) in [6, 6.07) is 0. The van der Waals surface area contributed by atoms with Crippen LogP contribution in [0.4, 0.5) is 0 Å². The molecule has 0 aliphatic heterocycles. The van der Waals surface area contributed by atoms with Crippen LogP contribution in [0.15, 0.2) is 0 Å². The summed E-state index contributed by atoms with van der Waals surface area (Å²) in [7, 11) is 1.77. The molecule has 2 aliphatic carbocycles. The molecule has 2 fully saturated rings. The zero-order chi connectivity index (χ0) is 13.7. The highest BCUT2D eigenvalue weighted by Crippen LogP contribution is 2.38. The highest BCUT2D eigenvalue weighted by molar-refractivity contribution is 5.79. The van der Waals surface area contributed by atoms with Crippen LogP contribution in [0.1, 0.15) is 57.8 Å². The molecule has 0 saturated heterocycles. The Balaban J connectivity index is 1.79. The maximum absolute atomic E-state index is 11.5. The highest BCUT2D eigenvalue weighted by Gasteiger charge is 2.47. The number of carboxylic acid groups (broad SMARTS) is 1. The Morgan fingerprint density at radius 1 is 1.26 bits per heavy atom. The first-order valence-corrected chi connectivity index (χ1v) is 7.73. The lowest BCUT2D eigenvalue weighted by molar-refractivity contribution is -0.146. The van der Waals surface area contributed by atoms with Crippen molar-refractivity contribution in [1.29, 1.82) is 0 Å². The summed E-state index contributed by atoms with van der Waals surface area (Å²) in [6.07, 6.45) is 10.3. The Labute approximate surface area is 115 Å². The smallest absolute Gasteiger partial charge is 0.324 e. The molecule has 0 aromatic rings. The van der Waals surface area contributed by atoms with Crippen molar-refractivity contribution in [2.24, 2.45) is 5.92 Å². The number of nitrogens with one attached hydrogen (secondary N) is 1. The second kappa shape index (κ2) is 6.71. The van der Waals surface area contributed by atoms with Gasteiger partial charge in [-0.3, -0.25) is 4.79 Å². The third-order valence-corrected chi connectivity index (χ3v) is 5.02. The lowest BCUT2D eigenvalue weighted by Crippen LogP contribution is -2.53. The topological polar surface area (TPSA) is 58.6 Å². The van der Waals surface area contributed by atoms with E-state index in [0.29, 0.717) is 12.7 Å². The van der Waals surface area contributed by atoms with E-state index >= 15 is 0 Å². The van der Waals surface area contributed by atoms with Crippen molar-refractivity contribution in [2.45, 2.75) is 69.4 Å². The molecule has 4 heteroatoms. The van der Waals surface area contributed by atoms with E-state index in [4.69, 9.17) is 4.74 Å². The first-order valence-electron chi connectivity index (χ1n) is 7.73. The van der Waals surface area contributed by atoms with E-state index in [2.05, 4.69) is 5.32 Å². The Bertz CT molecular complexity index is 302. The van der Waals surface area contributed by atoms with Gasteiger partial charge in [0.2, 0.25) is 0 Å². The summed E-state index contributed by atoms with van der Waals surface area (Å²) in [6.45, 7) is 0.714. The molecule has 2 saturated carbocycles.